The lowest BCUT2D eigenvalue weighted by atomic mass is 10.1. The second-order valence-corrected chi connectivity index (χ2v) is 7.11. The van der Waals surface area contributed by atoms with E-state index in [9.17, 15) is 14.3 Å². The lowest BCUT2D eigenvalue weighted by Gasteiger charge is -2.09. The molecule has 140 valence electrons. The maximum absolute atomic E-state index is 14.2. The smallest absolute Gasteiger partial charge is 0.286 e. The van der Waals surface area contributed by atoms with Crippen molar-refractivity contribution in [3.05, 3.63) is 82.4 Å². The molecule has 1 N–H and O–H groups in total. The van der Waals surface area contributed by atoms with Gasteiger partial charge in [-0.25, -0.2) is 14.4 Å². The summed E-state index contributed by atoms with van der Waals surface area (Å²) < 4.78 is 19.8. The second kappa shape index (κ2) is 7.32. The summed E-state index contributed by atoms with van der Waals surface area (Å²) in [6, 6.07) is 10.4. The van der Waals surface area contributed by atoms with Crippen LogP contribution in [0.3, 0.4) is 0 Å². The van der Waals surface area contributed by atoms with Gasteiger partial charge in [0.15, 0.2) is 17.4 Å². The predicted molar refractivity (Wildman–Crippen MR) is 105 cm³/mol. The molecule has 0 saturated carbocycles. The fourth-order valence-electron chi connectivity index (χ4n) is 2.83. The van der Waals surface area contributed by atoms with E-state index in [1.54, 1.807) is 6.20 Å². The van der Waals surface area contributed by atoms with Crippen LogP contribution in [0, 0.1) is 12.7 Å². The average molecular weight is 394 g/mol. The Hall–Kier alpha value is -3.39. The van der Waals surface area contributed by atoms with Crippen molar-refractivity contribution in [2.24, 2.45) is 0 Å². The maximum atomic E-state index is 14.2. The minimum Gasteiger partial charge on any atom is -0.505 e. The number of hydrogen-bond acceptors (Lipinski definition) is 6. The highest BCUT2D eigenvalue weighted by Crippen LogP contribution is 2.24. The van der Waals surface area contributed by atoms with E-state index in [1.807, 2.05) is 37.3 Å². The van der Waals surface area contributed by atoms with E-state index < -0.39 is 11.4 Å². The number of hydrogen-bond donors (Lipinski definition) is 1. The van der Waals surface area contributed by atoms with Gasteiger partial charge in [-0.05, 0) is 42.2 Å². The summed E-state index contributed by atoms with van der Waals surface area (Å²) in [7, 11) is 0. The zero-order valence-corrected chi connectivity index (χ0v) is 15.7. The van der Waals surface area contributed by atoms with Gasteiger partial charge in [0.1, 0.15) is 0 Å². The molecule has 0 aliphatic rings. The molecular weight excluding hydrogens is 379 g/mol. The van der Waals surface area contributed by atoms with Crippen LogP contribution in [0.1, 0.15) is 11.3 Å². The molecule has 0 fully saturated rings. The Balaban J connectivity index is 1.69. The van der Waals surface area contributed by atoms with E-state index in [4.69, 9.17) is 0 Å². The number of benzene rings is 1. The van der Waals surface area contributed by atoms with Crippen molar-refractivity contribution in [1.82, 2.24) is 18.9 Å². The van der Waals surface area contributed by atoms with Crippen molar-refractivity contribution in [2.75, 3.05) is 0 Å². The quantitative estimate of drug-likeness (QED) is 0.572. The van der Waals surface area contributed by atoms with Crippen LogP contribution < -0.4 is 5.56 Å². The molecule has 8 heteroatoms. The van der Waals surface area contributed by atoms with Crippen LogP contribution in [0.15, 0.2) is 59.8 Å². The third kappa shape index (κ3) is 3.67. The van der Waals surface area contributed by atoms with E-state index in [0.29, 0.717) is 11.4 Å². The van der Waals surface area contributed by atoms with Crippen LogP contribution in [-0.2, 0) is 6.54 Å². The van der Waals surface area contributed by atoms with Crippen LogP contribution in [-0.4, -0.2) is 24.0 Å². The molecule has 4 aromatic rings. The molecule has 0 aliphatic heterocycles. The van der Waals surface area contributed by atoms with E-state index in [1.165, 1.54) is 34.6 Å². The van der Waals surface area contributed by atoms with Gasteiger partial charge >= 0.3 is 0 Å². The molecule has 0 spiro atoms. The van der Waals surface area contributed by atoms with Crippen LogP contribution >= 0.6 is 11.5 Å². The Morgan fingerprint density at radius 3 is 2.64 bits per heavy atom. The second-order valence-electron chi connectivity index (χ2n) is 6.31. The standard InChI is InChI=1S/C20H15FN4O2S/c1-12-5-18(28-24-12)15-7-17(21)20(27)25(11-15)10-13-3-2-4-14(6-13)19-22-8-16(26)9-23-19/h2-9,11,26H,10H2,1H3. The molecule has 1 aromatic carbocycles. The van der Waals surface area contributed by atoms with Gasteiger partial charge in [-0.1, -0.05) is 18.2 Å². The molecule has 0 unspecified atom stereocenters. The van der Waals surface area contributed by atoms with E-state index in [2.05, 4.69) is 14.3 Å². The normalized spacial score (nSPS) is 10.9. The maximum Gasteiger partial charge on any atom is 0.286 e. The number of pyridine rings is 1. The highest BCUT2D eigenvalue weighted by molar-refractivity contribution is 7.09. The van der Waals surface area contributed by atoms with Crippen molar-refractivity contribution in [3.63, 3.8) is 0 Å². The SMILES string of the molecule is Cc1cc(-c2cc(F)c(=O)n(Cc3cccc(-c4ncc(O)cn4)c3)c2)sn1. The topological polar surface area (TPSA) is 80.9 Å². The van der Waals surface area contributed by atoms with Crippen molar-refractivity contribution in [2.45, 2.75) is 13.5 Å². The molecule has 4 rings (SSSR count). The van der Waals surface area contributed by atoms with Gasteiger partial charge in [-0.3, -0.25) is 4.79 Å². The highest BCUT2D eigenvalue weighted by atomic mass is 32.1. The molecule has 3 heterocycles. The Morgan fingerprint density at radius 1 is 1.14 bits per heavy atom. The summed E-state index contributed by atoms with van der Waals surface area (Å²) in [5, 5.41) is 9.33. The Labute approximate surface area is 163 Å². The summed E-state index contributed by atoms with van der Waals surface area (Å²) in [5.41, 5.74) is 2.31. The summed E-state index contributed by atoms with van der Waals surface area (Å²) in [6.07, 6.45) is 4.27. The zero-order valence-electron chi connectivity index (χ0n) is 14.8. The molecule has 0 saturated heterocycles. The largest absolute Gasteiger partial charge is 0.505 e. The Bertz CT molecular complexity index is 1200. The van der Waals surface area contributed by atoms with Gasteiger partial charge in [0.25, 0.3) is 5.56 Å². The molecule has 28 heavy (non-hydrogen) atoms. The summed E-state index contributed by atoms with van der Waals surface area (Å²) in [6.45, 7) is 2.07. The van der Waals surface area contributed by atoms with Crippen LogP contribution in [0.25, 0.3) is 21.8 Å². The fourth-order valence-corrected chi connectivity index (χ4v) is 3.56. The number of aromatic nitrogens is 4. The number of aromatic hydroxyl groups is 1. The van der Waals surface area contributed by atoms with Gasteiger partial charge in [0.2, 0.25) is 0 Å². The van der Waals surface area contributed by atoms with Crippen molar-refractivity contribution in [3.8, 4) is 27.6 Å². The minimum absolute atomic E-state index is 0.0166. The first-order valence-corrected chi connectivity index (χ1v) is 9.21. The summed E-state index contributed by atoms with van der Waals surface area (Å²) in [5.74, 6) is -0.370. The molecule has 0 amide bonds. The Kier molecular flexibility index (Phi) is 4.70. The van der Waals surface area contributed by atoms with Gasteiger partial charge in [0.05, 0.1) is 29.5 Å². The number of rotatable bonds is 4. The molecular formula is C20H15FN4O2S. The number of aryl methyl sites for hydroxylation is 1. The van der Waals surface area contributed by atoms with E-state index in [-0.39, 0.29) is 12.3 Å². The summed E-state index contributed by atoms with van der Waals surface area (Å²) >= 11 is 1.26. The highest BCUT2D eigenvalue weighted by Gasteiger charge is 2.11. The van der Waals surface area contributed by atoms with Crippen molar-refractivity contribution >= 4 is 11.5 Å². The molecule has 0 bridgehead atoms. The Morgan fingerprint density at radius 2 is 1.93 bits per heavy atom. The molecule has 6 nitrogen and oxygen atoms in total. The monoisotopic (exact) mass is 394 g/mol. The first-order valence-electron chi connectivity index (χ1n) is 8.43. The van der Waals surface area contributed by atoms with Gasteiger partial charge in [-0.2, -0.15) is 4.37 Å². The van der Waals surface area contributed by atoms with Gasteiger partial charge in [-0.15, -0.1) is 0 Å². The molecule has 0 radical (unpaired) electrons. The van der Waals surface area contributed by atoms with Crippen molar-refractivity contribution in [1.29, 1.82) is 0 Å². The fraction of sp³-hybridized carbons (Fsp3) is 0.100. The molecule has 0 atom stereocenters. The lowest BCUT2D eigenvalue weighted by Crippen LogP contribution is -2.23. The first-order chi connectivity index (χ1) is 13.5. The predicted octanol–water partition coefficient (Wildman–Crippen LogP) is 3.63. The van der Waals surface area contributed by atoms with E-state index >= 15 is 0 Å². The number of nitrogens with zero attached hydrogens (tertiary/aromatic N) is 4. The average Bonchev–Trinajstić information content (AvgIpc) is 3.12. The summed E-state index contributed by atoms with van der Waals surface area (Å²) in [4.78, 5) is 21.3. The van der Waals surface area contributed by atoms with Crippen LogP contribution in [0.2, 0.25) is 0 Å². The third-order valence-corrected chi connectivity index (χ3v) is 5.06. The molecule has 0 aliphatic carbocycles. The third-order valence-electron chi connectivity index (χ3n) is 4.13. The minimum atomic E-state index is -0.804. The van der Waals surface area contributed by atoms with Crippen LogP contribution in [0.5, 0.6) is 5.75 Å². The first kappa shape index (κ1) is 18.0. The van der Waals surface area contributed by atoms with Gasteiger partial charge in [0, 0.05) is 17.3 Å². The molecule has 3 aromatic heterocycles. The van der Waals surface area contributed by atoms with Crippen molar-refractivity contribution < 1.29 is 9.50 Å². The zero-order chi connectivity index (χ0) is 19.7. The van der Waals surface area contributed by atoms with E-state index in [0.717, 1.165) is 21.7 Å². The number of halogens is 1. The lowest BCUT2D eigenvalue weighted by molar-refractivity contribution is 0.470. The van der Waals surface area contributed by atoms with Gasteiger partial charge < -0.3 is 9.67 Å². The van der Waals surface area contributed by atoms with Crippen LogP contribution in [0.4, 0.5) is 4.39 Å².